The van der Waals surface area contributed by atoms with Crippen molar-refractivity contribution in [1.29, 1.82) is 5.26 Å². The minimum atomic E-state index is 0.376. The molecule has 1 aromatic rings. The summed E-state index contributed by atoms with van der Waals surface area (Å²) in [5, 5.41) is 8.61. The number of nitriles is 1. The number of H-pyrrole nitrogens is 1. The van der Waals surface area contributed by atoms with Gasteiger partial charge in [-0.25, -0.2) is 4.98 Å². The lowest BCUT2D eigenvalue weighted by Gasteiger charge is -1.98. The number of aryl methyl sites for hydroxylation is 2. The number of nitrogens with zero attached hydrogens (tertiary/aromatic N) is 2. The fourth-order valence-electron chi connectivity index (χ4n) is 0.862. The van der Waals surface area contributed by atoms with Crippen LogP contribution in [0.25, 0.3) is 0 Å². The van der Waals surface area contributed by atoms with Gasteiger partial charge in [-0.3, -0.25) is 0 Å². The van der Waals surface area contributed by atoms with Gasteiger partial charge >= 0.3 is 0 Å². The normalized spacial score (nSPS) is 9.18. The summed E-state index contributed by atoms with van der Waals surface area (Å²) >= 11 is 4.87. The molecule has 0 spiro atoms. The molecule has 1 heterocycles. The van der Waals surface area contributed by atoms with E-state index >= 15 is 0 Å². The highest BCUT2D eigenvalue weighted by Gasteiger charge is 2.00. The zero-order valence-electron chi connectivity index (χ0n) is 6.30. The van der Waals surface area contributed by atoms with Crippen LogP contribution in [0.1, 0.15) is 17.1 Å². The molecular weight excluding hydrogens is 158 g/mol. The van der Waals surface area contributed by atoms with Gasteiger partial charge in [0, 0.05) is 5.69 Å². The van der Waals surface area contributed by atoms with Crippen LogP contribution in [0.5, 0.6) is 0 Å². The van der Waals surface area contributed by atoms with Gasteiger partial charge in [-0.05, 0) is 13.8 Å². The zero-order valence-corrected chi connectivity index (χ0v) is 7.12. The van der Waals surface area contributed by atoms with Crippen LogP contribution in [0.4, 0.5) is 0 Å². The number of aromatic amines is 1. The zero-order chi connectivity index (χ0) is 8.43. The van der Waals surface area contributed by atoms with Crippen LogP contribution in [0.3, 0.4) is 0 Å². The summed E-state index contributed by atoms with van der Waals surface area (Å²) in [6.45, 7) is 3.62. The third-order valence-corrected chi connectivity index (χ3v) is 1.63. The van der Waals surface area contributed by atoms with Crippen molar-refractivity contribution in [2.75, 3.05) is 0 Å². The van der Waals surface area contributed by atoms with E-state index in [1.165, 1.54) is 0 Å². The van der Waals surface area contributed by atoms with Gasteiger partial charge in [-0.1, -0.05) is 12.2 Å². The van der Waals surface area contributed by atoms with Gasteiger partial charge < -0.3 is 4.98 Å². The standard InChI is InChI=1S/C7H7N3S/c1-4-6(3-8)7(11)10-5(2)9-4/h1-2H3,(H,9,10,11). The summed E-state index contributed by atoms with van der Waals surface area (Å²) in [6.07, 6.45) is 0. The quantitative estimate of drug-likeness (QED) is 0.594. The lowest BCUT2D eigenvalue weighted by Crippen LogP contribution is -1.95. The second-order valence-corrected chi connectivity index (χ2v) is 2.63. The minimum absolute atomic E-state index is 0.376. The molecule has 0 atom stereocenters. The van der Waals surface area contributed by atoms with Crippen molar-refractivity contribution in [2.24, 2.45) is 0 Å². The first-order valence-electron chi connectivity index (χ1n) is 3.12. The molecule has 0 bridgehead atoms. The summed E-state index contributed by atoms with van der Waals surface area (Å²) in [5.74, 6) is 0.742. The van der Waals surface area contributed by atoms with Crippen molar-refractivity contribution in [3.63, 3.8) is 0 Å². The van der Waals surface area contributed by atoms with E-state index < -0.39 is 0 Å². The predicted octanol–water partition coefficient (Wildman–Crippen LogP) is 1.63. The molecular formula is C7H7N3S. The molecule has 0 aromatic carbocycles. The predicted molar refractivity (Wildman–Crippen MR) is 43.6 cm³/mol. The molecule has 0 amide bonds. The smallest absolute Gasteiger partial charge is 0.147 e. The summed E-state index contributed by atoms with van der Waals surface area (Å²) in [6, 6.07) is 1.99. The molecule has 1 N–H and O–H groups in total. The number of hydrogen-bond acceptors (Lipinski definition) is 3. The Hall–Kier alpha value is -1.21. The molecule has 0 saturated heterocycles. The Morgan fingerprint density at radius 3 is 2.64 bits per heavy atom. The van der Waals surface area contributed by atoms with E-state index in [0.717, 1.165) is 11.5 Å². The Labute approximate surface area is 69.7 Å². The molecule has 0 fully saturated rings. The SMILES string of the molecule is Cc1nc(=S)c(C#N)c(C)[nH]1. The maximum absolute atomic E-state index is 8.61. The highest BCUT2D eigenvalue weighted by molar-refractivity contribution is 7.71. The van der Waals surface area contributed by atoms with E-state index in [4.69, 9.17) is 17.5 Å². The molecule has 0 saturated carbocycles. The lowest BCUT2D eigenvalue weighted by molar-refractivity contribution is 0.990. The van der Waals surface area contributed by atoms with E-state index in [1.54, 1.807) is 0 Å². The van der Waals surface area contributed by atoms with Gasteiger partial charge in [-0.15, -0.1) is 0 Å². The number of hydrogen-bond donors (Lipinski definition) is 1. The van der Waals surface area contributed by atoms with Crippen LogP contribution in [0.2, 0.25) is 0 Å². The Balaban J connectivity index is 3.53. The number of rotatable bonds is 0. The van der Waals surface area contributed by atoms with Crippen LogP contribution >= 0.6 is 12.2 Å². The topological polar surface area (TPSA) is 52.5 Å². The molecule has 4 heteroatoms. The molecule has 3 nitrogen and oxygen atoms in total. The van der Waals surface area contributed by atoms with E-state index in [0.29, 0.717) is 10.2 Å². The maximum atomic E-state index is 8.61. The van der Waals surface area contributed by atoms with Crippen LogP contribution < -0.4 is 0 Å². The van der Waals surface area contributed by atoms with E-state index in [9.17, 15) is 0 Å². The molecule has 56 valence electrons. The average Bonchev–Trinajstić information content (AvgIpc) is 1.85. The fraction of sp³-hybridized carbons (Fsp3) is 0.286. The molecule has 11 heavy (non-hydrogen) atoms. The van der Waals surface area contributed by atoms with Crippen molar-refractivity contribution in [2.45, 2.75) is 13.8 Å². The minimum Gasteiger partial charge on any atom is -0.346 e. The Kier molecular flexibility index (Phi) is 2.01. The summed E-state index contributed by atoms with van der Waals surface area (Å²) in [4.78, 5) is 6.87. The summed E-state index contributed by atoms with van der Waals surface area (Å²) in [5.41, 5.74) is 1.25. The maximum Gasteiger partial charge on any atom is 0.147 e. The van der Waals surface area contributed by atoms with Crippen LogP contribution in [0.15, 0.2) is 0 Å². The average molecular weight is 165 g/mol. The molecule has 0 aliphatic rings. The van der Waals surface area contributed by atoms with Gasteiger partial charge in [-0.2, -0.15) is 5.26 Å². The van der Waals surface area contributed by atoms with Crippen LogP contribution in [0, 0.1) is 29.8 Å². The molecule has 0 unspecified atom stereocenters. The Morgan fingerprint density at radius 1 is 1.55 bits per heavy atom. The molecule has 1 rings (SSSR count). The van der Waals surface area contributed by atoms with Crippen LogP contribution in [-0.4, -0.2) is 9.97 Å². The van der Waals surface area contributed by atoms with Crippen molar-refractivity contribution in [3.8, 4) is 6.07 Å². The van der Waals surface area contributed by atoms with E-state index in [1.807, 2.05) is 19.9 Å². The van der Waals surface area contributed by atoms with Gasteiger partial charge in [0.1, 0.15) is 22.1 Å². The monoisotopic (exact) mass is 165 g/mol. The summed E-state index contributed by atoms with van der Waals surface area (Å²) in [7, 11) is 0. The number of aromatic nitrogens is 2. The Morgan fingerprint density at radius 2 is 2.18 bits per heavy atom. The lowest BCUT2D eigenvalue weighted by atomic mass is 10.3. The van der Waals surface area contributed by atoms with E-state index in [-0.39, 0.29) is 0 Å². The summed E-state index contributed by atoms with van der Waals surface area (Å²) < 4.78 is 0.376. The van der Waals surface area contributed by atoms with Crippen LogP contribution in [-0.2, 0) is 0 Å². The third-order valence-electron chi connectivity index (χ3n) is 1.34. The molecule has 0 radical (unpaired) electrons. The number of nitrogens with one attached hydrogen (secondary N) is 1. The largest absolute Gasteiger partial charge is 0.346 e. The van der Waals surface area contributed by atoms with Gasteiger partial charge in [0.2, 0.25) is 0 Å². The van der Waals surface area contributed by atoms with Crippen molar-refractivity contribution in [3.05, 3.63) is 21.7 Å². The molecule has 0 aliphatic carbocycles. The second kappa shape index (κ2) is 2.81. The fourth-order valence-corrected chi connectivity index (χ4v) is 1.20. The van der Waals surface area contributed by atoms with Gasteiger partial charge in [0.15, 0.2) is 0 Å². The first kappa shape index (κ1) is 7.89. The second-order valence-electron chi connectivity index (χ2n) is 2.24. The molecule has 0 aliphatic heterocycles. The highest BCUT2D eigenvalue weighted by Crippen LogP contribution is 2.03. The van der Waals surface area contributed by atoms with Crippen molar-refractivity contribution < 1.29 is 0 Å². The van der Waals surface area contributed by atoms with Gasteiger partial charge in [0.25, 0.3) is 0 Å². The Bertz CT molecular complexity index is 372. The van der Waals surface area contributed by atoms with E-state index in [2.05, 4.69) is 9.97 Å². The first-order chi connectivity index (χ1) is 5.15. The first-order valence-corrected chi connectivity index (χ1v) is 3.53. The highest BCUT2D eigenvalue weighted by atomic mass is 32.1. The van der Waals surface area contributed by atoms with Crippen molar-refractivity contribution >= 4 is 12.2 Å². The molecule has 1 aromatic heterocycles. The van der Waals surface area contributed by atoms with Crippen molar-refractivity contribution in [1.82, 2.24) is 9.97 Å². The third kappa shape index (κ3) is 1.44. The van der Waals surface area contributed by atoms with Gasteiger partial charge in [0.05, 0.1) is 0 Å².